The summed E-state index contributed by atoms with van der Waals surface area (Å²) in [4.78, 5) is 3.50. The Bertz CT molecular complexity index is 626. The molecule has 0 aromatic carbocycles. The Balaban J connectivity index is 2.80. The predicted molar refractivity (Wildman–Crippen MR) is 68.9 cm³/mol. The first-order chi connectivity index (χ1) is 8.77. The Kier molecular flexibility index (Phi) is 3.20. The van der Waals surface area contributed by atoms with E-state index in [1.165, 1.54) is 0 Å². The predicted octanol–water partition coefficient (Wildman–Crippen LogP) is 3.66. The molecule has 2 heterocycles. The maximum atomic E-state index is 12.8. The molecule has 6 heteroatoms. The largest absolute Gasteiger partial charge is 0.433 e. The molecule has 0 amide bonds. The second kappa shape index (κ2) is 4.43. The van der Waals surface area contributed by atoms with E-state index in [-0.39, 0.29) is 5.82 Å². The molecular weight excluding hydrogens is 255 g/mol. The van der Waals surface area contributed by atoms with Crippen LogP contribution in [0, 0.1) is 13.8 Å². The molecule has 0 saturated carbocycles. The van der Waals surface area contributed by atoms with Crippen LogP contribution < -0.4 is 5.73 Å². The third-order valence-corrected chi connectivity index (χ3v) is 3.38. The van der Waals surface area contributed by atoms with Crippen LogP contribution in [0.15, 0.2) is 6.07 Å². The number of pyridine rings is 1. The molecule has 0 spiro atoms. The Labute approximate surface area is 109 Å². The zero-order valence-corrected chi connectivity index (χ0v) is 11.1. The summed E-state index contributed by atoms with van der Waals surface area (Å²) in [5.41, 5.74) is 7.16. The maximum absolute atomic E-state index is 12.8. The van der Waals surface area contributed by atoms with Gasteiger partial charge in [-0.1, -0.05) is 6.92 Å². The number of hydrogen-bond acceptors (Lipinski definition) is 2. The van der Waals surface area contributed by atoms with Crippen molar-refractivity contribution in [3.63, 3.8) is 0 Å². The van der Waals surface area contributed by atoms with E-state index < -0.39 is 11.9 Å². The van der Waals surface area contributed by atoms with Crippen molar-refractivity contribution in [2.45, 2.75) is 39.9 Å². The quantitative estimate of drug-likeness (QED) is 0.905. The third-order valence-electron chi connectivity index (χ3n) is 3.38. The molecule has 2 aromatic heterocycles. The van der Waals surface area contributed by atoms with E-state index >= 15 is 0 Å². The van der Waals surface area contributed by atoms with Crippen LogP contribution in [0.4, 0.5) is 19.0 Å². The first-order valence-electron chi connectivity index (χ1n) is 6.10. The van der Waals surface area contributed by atoms with E-state index in [2.05, 4.69) is 4.98 Å². The number of alkyl halides is 3. The van der Waals surface area contributed by atoms with Gasteiger partial charge in [-0.15, -0.1) is 0 Å². The average Bonchev–Trinajstić information content (AvgIpc) is 2.54. The smallest absolute Gasteiger partial charge is 0.382 e. The molecular formula is C13H16F3N3. The van der Waals surface area contributed by atoms with Crippen molar-refractivity contribution in [2.24, 2.45) is 0 Å². The summed E-state index contributed by atoms with van der Waals surface area (Å²) >= 11 is 0. The number of halogens is 3. The fraction of sp³-hybridized carbons (Fsp3) is 0.462. The molecule has 0 aliphatic rings. The van der Waals surface area contributed by atoms with Gasteiger partial charge in [0.2, 0.25) is 0 Å². The molecule has 2 rings (SSSR count). The van der Waals surface area contributed by atoms with Crippen molar-refractivity contribution in [3.05, 3.63) is 23.0 Å². The number of aromatic nitrogens is 2. The lowest BCUT2D eigenvalue weighted by Crippen LogP contribution is -2.10. The number of aryl methyl sites for hydroxylation is 2. The molecule has 0 atom stereocenters. The molecule has 0 saturated heterocycles. The van der Waals surface area contributed by atoms with Gasteiger partial charge in [0.1, 0.15) is 11.5 Å². The number of nitrogen functional groups attached to an aromatic ring is 1. The second-order valence-electron chi connectivity index (χ2n) is 4.65. The molecule has 2 aromatic rings. The number of rotatable bonds is 2. The van der Waals surface area contributed by atoms with Gasteiger partial charge in [-0.2, -0.15) is 13.2 Å². The number of fused-ring (bicyclic) bond motifs is 1. The lowest BCUT2D eigenvalue weighted by atomic mass is 10.1. The summed E-state index contributed by atoms with van der Waals surface area (Å²) in [7, 11) is 0. The number of anilines is 1. The van der Waals surface area contributed by atoms with Crippen molar-refractivity contribution in [3.8, 4) is 0 Å². The van der Waals surface area contributed by atoms with E-state index in [9.17, 15) is 13.2 Å². The second-order valence-corrected chi connectivity index (χ2v) is 4.65. The Morgan fingerprint density at radius 3 is 2.47 bits per heavy atom. The lowest BCUT2D eigenvalue weighted by molar-refractivity contribution is -0.140. The summed E-state index contributed by atoms with van der Waals surface area (Å²) in [6.07, 6.45) is -3.60. The normalized spacial score (nSPS) is 12.3. The van der Waals surface area contributed by atoms with Crippen LogP contribution in [-0.2, 0) is 12.7 Å². The molecule has 104 valence electrons. The fourth-order valence-electron chi connectivity index (χ4n) is 2.34. The fourth-order valence-corrected chi connectivity index (χ4v) is 2.34. The summed E-state index contributed by atoms with van der Waals surface area (Å²) in [5, 5.41) is 0.533. The average molecular weight is 271 g/mol. The van der Waals surface area contributed by atoms with Gasteiger partial charge in [-0.3, -0.25) is 0 Å². The Morgan fingerprint density at radius 1 is 1.32 bits per heavy atom. The van der Waals surface area contributed by atoms with Crippen LogP contribution in [0.25, 0.3) is 10.9 Å². The van der Waals surface area contributed by atoms with Gasteiger partial charge < -0.3 is 10.3 Å². The highest BCUT2D eigenvalue weighted by Crippen LogP contribution is 2.35. The minimum atomic E-state index is -4.48. The lowest BCUT2D eigenvalue weighted by Gasteiger charge is -2.10. The molecule has 2 N–H and O–H groups in total. The van der Waals surface area contributed by atoms with E-state index in [0.717, 1.165) is 23.7 Å². The molecule has 0 aliphatic carbocycles. The van der Waals surface area contributed by atoms with Crippen LogP contribution in [0.2, 0.25) is 0 Å². The van der Waals surface area contributed by atoms with Gasteiger partial charge in [0.15, 0.2) is 0 Å². The molecule has 0 aliphatic heterocycles. The van der Waals surface area contributed by atoms with Gasteiger partial charge in [0, 0.05) is 17.6 Å². The number of nitrogens with two attached hydrogens (primary N) is 1. The number of nitrogens with zero attached hydrogens (tertiary/aromatic N) is 2. The highest BCUT2D eigenvalue weighted by Gasteiger charge is 2.34. The van der Waals surface area contributed by atoms with Gasteiger partial charge >= 0.3 is 6.18 Å². The highest BCUT2D eigenvalue weighted by molar-refractivity contribution is 5.92. The highest BCUT2D eigenvalue weighted by atomic mass is 19.4. The van der Waals surface area contributed by atoms with Crippen LogP contribution in [0.5, 0.6) is 0 Å². The van der Waals surface area contributed by atoms with E-state index in [0.29, 0.717) is 17.4 Å². The Hall–Kier alpha value is -1.72. The van der Waals surface area contributed by atoms with Gasteiger partial charge in [-0.25, -0.2) is 4.98 Å². The van der Waals surface area contributed by atoms with Gasteiger partial charge in [-0.05, 0) is 31.9 Å². The molecule has 19 heavy (non-hydrogen) atoms. The van der Waals surface area contributed by atoms with Crippen molar-refractivity contribution < 1.29 is 13.2 Å². The summed E-state index contributed by atoms with van der Waals surface area (Å²) in [6, 6.07) is 1.08. The van der Waals surface area contributed by atoms with Gasteiger partial charge in [0.25, 0.3) is 0 Å². The van der Waals surface area contributed by atoms with E-state index in [4.69, 9.17) is 5.73 Å². The molecule has 0 radical (unpaired) electrons. The summed E-state index contributed by atoms with van der Waals surface area (Å²) in [5.74, 6) is -0.0607. The summed E-state index contributed by atoms with van der Waals surface area (Å²) < 4.78 is 40.2. The van der Waals surface area contributed by atoms with Crippen molar-refractivity contribution in [1.82, 2.24) is 9.55 Å². The molecule has 3 nitrogen and oxygen atoms in total. The van der Waals surface area contributed by atoms with E-state index in [1.54, 1.807) is 0 Å². The zero-order valence-electron chi connectivity index (χ0n) is 11.1. The third kappa shape index (κ3) is 2.15. The topological polar surface area (TPSA) is 43.8 Å². The molecule has 0 bridgehead atoms. The van der Waals surface area contributed by atoms with Crippen molar-refractivity contribution >= 4 is 16.7 Å². The van der Waals surface area contributed by atoms with Crippen LogP contribution in [-0.4, -0.2) is 9.55 Å². The van der Waals surface area contributed by atoms with Crippen molar-refractivity contribution in [2.75, 3.05) is 5.73 Å². The maximum Gasteiger partial charge on any atom is 0.433 e. The first kappa shape index (κ1) is 13.7. The SMILES string of the molecule is CCCn1c(C)c(C)c2cc(C(F)(F)F)nc(N)c21. The van der Waals surface area contributed by atoms with Crippen LogP contribution >= 0.6 is 0 Å². The minimum Gasteiger partial charge on any atom is -0.382 e. The standard InChI is InChI=1S/C13H16F3N3/c1-4-5-19-8(3)7(2)9-6-10(13(14,15)16)18-12(17)11(9)19/h6H,4-5H2,1-3H3,(H2,17,18). The van der Waals surface area contributed by atoms with E-state index in [1.807, 2.05) is 25.3 Å². The van der Waals surface area contributed by atoms with Crippen LogP contribution in [0.1, 0.15) is 30.3 Å². The summed E-state index contributed by atoms with van der Waals surface area (Å²) in [6.45, 7) is 6.42. The van der Waals surface area contributed by atoms with Crippen LogP contribution in [0.3, 0.4) is 0 Å². The Morgan fingerprint density at radius 2 is 1.95 bits per heavy atom. The van der Waals surface area contributed by atoms with Crippen molar-refractivity contribution in [1.29, 1.82) is 0 Å². The monoisotopic (exact) mass is 271 g/mol. The van der Waals surface area contributed by atoms with Gasteiger partial charge in [0.05, 0.1) is 5.52 Å². The molecule has 0 fully saturated rings. The molecule has 0 unspecified atom stereocenters. The minimum absolute atomic E-state index is 0.0607. The number of hydrogen-bond donors (Lipinski definition) is 1. The zero-order chi connectivity index (χ0) is 14.4. The first-order valence-corrected chi connectivity index (χ1v) is 6.10.